The lowest BCUT2D eigenvalue weighted by Gasteiger charge is -2.48. The number of amides is 1. The van der Waals surface area contributed by atoms with E-state index in [1.54, 1.807) is 6.92 Å². The average Bonchev–Trinajstić information content (AvgIpc) is 2.38. The van der Waals surface area contributed by atoms with Gasteiger partial charge < -0.3 is 14.5 Å². The Morgan fingerprint density at radius 1 is 1.36 bits per heavy atom. The lowest BCUT2D eigenvalue weighted by Crippen LogP contribution is -2.66. The van der Waals surface area contributed by atoms with Crippen molar-refractivity contribution in [3.63, 3.8) is 0 Å². The molecule has 1 aliphatic heterocycles. The highest BCUT2D eigenvalue weighted by molar-refractivity contribution is 6.48. The van der Waals surface area contributed by atoms with E-state index >= 15 is 0 Å². The van der Waals surface area contributed by atoms with Gasteiger partial charge in [0.05, 0.1) is 24.5 Å². The predicted molar refractivity (Wildman–Crippen MR) is 89.0 cm³/mol. The van der Waals surface area contributed by atoms with Crippen molar-refractivity contribution in [3.05, 3.63) is 0 Å². The van der Waals surface area contributed by atoms with E-state index in [1.165, 1.54) is 0 Å². The molecule has 0 aromatic carbocycles. The molecule has 0 saturated carbocycles. The molecule has 22 heavy (non-hydrogen) atoms. The maximum absolute atomic E-state index is 12.2. The highest BCUT2D eigenvalue weighted by atomic mass is 28.3. The third-order valence-electron chi connectivity index (χ3n) is 4.35. The van der Waals surface area contributed by atoms with Crippen LogP contribution in [0.15, 0.2) is 0 Å². The zero-order valence-corrected chi connectivity index (χ0v) is 16.1. The van der Waals surface area contributed by atoms with E-state index in [-0.39, 0.29) is 41.1 Å². The second-order valence-corrected chi connectivity index (χ2v) is 9.89. The summed E-state index contributed by atoms with van der Waals surface area (Å²) in [5.74, 6) is -0.645. The van der Waals surface area contributed by atoms with Crippen molar-refractivity contribution >= 4 is 20.9 Å². The summed E-state index contributed by atoms with van der Waals surface area (Å²) in [6, 6.07) is -0.159. The predicted octanol–water partition coefficient (Wildman–Crippen LogP) is 1.96. The standard InChI is InChI=1S/C16H31NO4Si/c1-8-20-15(19)10(2)13-12(14(18)17-13)11(16(3,4)5)9-21-22(6)7/h10-13,22H,8-9H2,1-7H3,(H,17,18)/t10?,11-,12+,13-/m1/s1. The Labute approximate surface area is 135 Å². The molecular weight excluding hydrogens is 298 g/mol. The monoisotopic (exact) mass is 329 g/mol. The van der Waals surface area contributed by atoms with E-state index in [2.05, 4.69) is 39.2 Å². The number of carbonyl (C=O) groups is 2. The van der Waals surface area contributed by atoms with Crippen LogP contribution in [-0.4, -0.2) is 40.2 Å². The van der Waals surface area contributed by atoms with Crippen LogP contribution >= 0.6 is 0 Å². The minimum Gasteiger partial charge on any atom is -0.466 e. The number of esters is 1. The van der Waals surface area contributed by atoms with Crippen molar-refractivity contribution in [2.24, 2.45) is 23.2 Å². The van der Waals surface area contributed by atoms with Gasteiger partial charge in [-0.15, -0.1) is 0 Å². The highest BCUT2D eigenvalue weighted by Gasteiger charge is 2.51. The Kier molecular flexibility index (Phi) is 6.61. The van der Waals surface area contributed by atoms with Crippen molar-refractivity contribution in [1.82, 2.24) is 5.32 Å². The van der Waals surface area contributed by atoms with Crippen LogP contribution in [0.2, 0.25) is 13.1 Å². The van der Waals surface area contributed by atoms with Crippen LogP contribution in [0.4, 0.5) is 0 Å². The van der Waals surface area contributed by atoms with Crippen LogP contribution in [0.5, 0.6) is 0 Å². The molecule has 1 saturated heterocycles. The van der Waals surface area contributed by atoms with E-state index in [0.717, 1.165) is 0 Å². The largest absolute Gasteiger partial charge is 0.466 e. The third kappa shape index (κ3) is 4.55. The molecule has 0 bridgehead atoms. The lowest BCUT2D eigenvalue weighted by molar-refractivity contribution is -0.156. The van der Waals surface area contributed by atoms with Gasteiger partial charge in [-0.25, -0.2) is 0 Å². The molecule has 4 atom stereocenters. The van der Waals surface area contributed by atoms with Gasteiger partial charge in [-0.3, -0.25) is 9.59 Å². The number of β-lactam (4-membered cyclic amide) rings is 1. The molecule has 1 N–H and O–H groups in total. The van der Waals surface area contributed by atoms with Crippen LogP contribution in [-0.2, 0) is 18.8 Å². The number of hydrogen-bond acceptors (Lipinski definition) is 4. The van der Waals surface area contributed by atoms with Crippen LogP contribution in [0.25, 0.3) is 0 Å². The summed E-state index contributed by atoms with van der Waals surface area (Å²) < 4.78 is 11.0. The Balaban J connectivity index is 2.87. The Morgan fingerprint density at radius 2 is 1.95 bits per heavy atom. The number of ether oxygens (including phenoxy) is 1. The minimum absolute atomic E-state index is 0.0232. The zero-order chi connectivity index (χ0) is 17.1. The molecule has 0 radical (unpaired) electrons. The SMILES string of the molecule is CCOC(=O)C(C)[C@H]1NC(=O)[C@H]1[C@@H](CO[SiH](C)C)C(C)(C)C. The number of carbonyl (C=O) groups excluding carboxylic acids is 2. The average molecular weight is 330 g/mol. The van der Waals surface area contributed by atoms with Crippen LogP contribution in [0, 0.1) is 23.2 Å². The molecule has 6 heteroatoms. The molecule has 0 aromatic rings. The normalized spacial score (nSPS) is 24.5. The first-order chi connectivity index (χ1) is 10.1. The van der Waals surface area contributed by atoms with Crippen LogP contribution in [0.1, 0.15) is 34.6 Å². The number of hydrogen-bond donors (Lipinski definition) is 1. The summed E-state index contributed by atoms with van der Waals surface area (Å²) in [6.45, 7) is 15.2. The summed E-state index contributed by atoms with van der Waals surface area (Å²) >= 11 is 0. The minimum atomic E-state index is -1.15. The Morgan fingerprint density at radius 3 is 2.36 bits per heavy atom. The molecule has 0 aromatic heterocycles. The second-order valence-electron chi connectivity index (χ2n) is 7.46. The molecular formula is C16H31NO4Si. The molecule has 1 rings (SSSR count). The van der Waals surface area contributed by atoms with Gasteiger partial charge in [0.15, 0.2) is 9.04 Å². The van der Waals surface area contributed by atoms with Crippen LogP contribution in [0.3, 0.4) is 0 Å². The zero-order valence-electron chi connectivity index (χ0n) is 14.9. The fraction of sp³-hybridized carbons (Fsp3) is 0.875. The van der Waals surface area contributed by atoms with E-state index in [1.807, 2.05) is 6.92 Å². The molecule has 0 aliphatic carbocycles. The Hall–Kier alpha value is -0.883. The quantitative estimate of drug-likeness (QED) is 0.440. The molecule has 128 valence electrons. The molecule has 1 fully saturated rings. The number of rotatable bonds is 7. The molecule has 1 unspecified atom stereocenters. The van der Waals surface area contributed by atoms with Gasteiger partial charge in [0.25, 0.3) is 0 Å². The summed E-state index contributed by atoms with van der Waals surface area (Å²) in [5, 5.41) is 2.89. The van der Waals surface area contributed by atoms with Gasteiger partial charge in [0, 0.05) is 6.61 Å². The summed E-state index contributed by atoms with van der Waals surface area (Å²) in [7, 11) is -1.15. The maximum atomic E-state index is 12.2. The maximum Gasteiger partial charge on any atom is 0.310 e. The molecule has 1 aliphatic rings. The van der Waals surface area contributed by atoms with Crippen molar-refractivity contribution in [3.8, 4) is 0 Å². The third-order valence-corrected chi connectivity index (χ3v) is 5.21. The van der Waals surface area contributed by atoms with Crippen molar-refractivity contribution in [2.45, 2.75) is 53.8 Å². The van der Waals surface area contributed by atoms with Gasteiger partial charge in [-0.2, -0.15) is 0 Å². The number of nitrogens with one attached hydrogen (secondary N) is 1. The van der Waals surface area contributed by atoms with E-state index < -0.39 is 9.04 Å². The molecule has 5 nitrogen and oxygen atoms in total. The first kappa shape index (κ1) is 19.2. The van der Waals surface area contributed by atoms with Crippen molar-refractivity contribution < 1.29 is 18.8 Å². The molecule has 1 amide bonds. The van der Waals surface area contributed by atoms with Gasteiger partial charge in [-0.1, -0.05) is 20.8 Å². The van der Waals surface area contributed by atoms with E-state index in [9.17, 15) is 9.59 Å². The van der Waals surface area contributed by atoms with Gasteiger partial charge >= 0.3 is 5.97 Å². The van der Waals surface area contributed by atoms with Gasteiger partial charge in [0.1, 0.15) is 0 Å². The van der Waals surface area contributed by atoms with E-state index in [0.29, 0.717) is 13.2 Å². The second kappa shape index (κ2) is 7.59. The smallest absolute Gasteiger partial charge is 0.310 e. The van der Waals surface area contributed by atoms with Gasteiger partial charge in [-0.05, 0) is 38.3 Å². The summed E-state index contributed by atoms with van der Waals surface area (Å²) in [5.41, 5.74) is -0.0572. The topological polar surface area (TPSA) is 64.6 Å². The molecule has 0 spiro atoms. The fourth-order valence-corrected chi connectivity index (χ4v) is 3.49. The summed E-state index contributed by atoms with van der Waals surface area (Å²) in [6.07, 6.45) is 0. The first-order valence-corrected chi connectivity index (χ1v) is 11.0. The fourth-order valence-electron chi connectivity index (χ4n) is 2.89. The first-order valence-electron chi connectivity index (χ1n) is 8.18. The van der Waals surface area contributed by atoms with Crippen molar-refractivity contribution in [2.75, 3.05) is 13.2 Å². The Bertz CT molecular complexity index is 405. The highest BCUT2D eigenvalue weighted by Crippen LogP contribution is 2.40. The van der Waals surface area contributed by atoms with Crippen LogP contribution < -0.4 is 5.32 Å². The van der Waals surface area contributed by atoms with Crippen molar-refractivity contribution in [1.29, 1.82) is 0 Å². The van der Waals surface area contributed by atoms with Gasteiger partial charge in [0.2, 0.25) is 5.91 Å². The summed E-state index contributed by atoms with van der Waals surface area (Å²) in [4.78, 5) is 24.1. The molecule has 1 heterocycles. The van der Waals surface area contributed by atoms with E-state index in [4.69, 9.17) is 9.16 Å². The lowest BCUT2D eigenvalue weighted by atomic mass is 9.65.